The van der Waals surface area contributed by atoms with E-state index in [2.05, 4.69) is 0 Å². The average molecular weight is 121 g/mol. The van der Waals surface area contributed by atoms with Crippen LogP contribution in [0.1, 0.15) is 12.8 Å². The van der Waals surface area contributed by atoms with Crippen LogP contribution in [0.2, 0.25) is 0 Å². The summed E-state index contributed by atoms with van der Waals surface area (Å²) in [5.41, 5.74) is 0. The zero-order chi connectivity index (χ0) is 5.11. The van der Waals surface area contributed by atoms with Crippen molar-refractivity contribution in [3.8, 4) is 0 Å². The molecule has 42 valence electrons. The minimum absolute atomic E-state index is 0.568. The van der Waals surface area contributed by atoms with E-state index >= 15 is 0 Å². The number of epoxide rings is 1. The molecule has 1 atom stereocenters. The summed E-state index contributed by atoms with van der Waals surface area (Å²) in [4.78, 5) is 0. The Labute approximate surface area is 48.6 Å². The van der Waals surface area contributed by atoms with Crippen LogP contribution in [0.3, 0.4) is 0 Å². The first-order valence-electron chi connectivity index (χ1n) is 2.61. The maximum atomic E-state index is 5.42. The van der Waals surface area contributed by atoms with Crippen LogP contribution in [-0.4, -0.2) is 18.6 Å². The summed E-state index contributed by atoms with van der Waals surface area (Å²) in [6.45, 7) is 0.969. The second kappa shape index (κ2) is 2.53. The molecular formula is C5H9ClO. The maximum absolute atomic E-state index is 5.42. The molecule has 0 aliphatic carbocycles. The van der Waals surface area contributed by atoms with Crippen molar-refractivity contribution in [2.24, 2.45) is 0 Å². The lowest BCUT2D eigenvalue weighted by Crippen LogP contribution is -1.83. The van der Waals surface area contributed by atoms with Crippen LogP contribution in [-0.2, 0) is 4.74 Å². The lowest BCUT2D eigenvalue weighted by molar-refractivity contribution is 0.395. The lowest BCUT2D eigenvalue weighted by Gasteiger charge is -1.85. The molecule has 0 radical (unpaired) electrons. The number of halogens is 1. The summed E-state index contributed by atoms with van der Waals surface area (Å²) in [6.07, 6.45) is 2.83. The van der Waals surface area contributed by atoms with E-state index in [1.54, 1.807) is 0 Å². The molecule has 0 amide bonds. The fraction of sp³-hybridized carbons (Fsp3) is 1.00. The number of alkyl halides is 1. The Kier molecular flexibility index (Phi) is 1.95. The maximum Gasteiger partial charge on any atom is 0.0810 e. The molecule has 0 spiro atoms. The molecule has 0 aromatic carbocycles. The highest BCUT2D eigenvalue weighted by Crippen LogP contribution is 2.14. The quantitative estimate of drug-likeness (QED) is 0.405. The van der Waals surface area contributed by atoms with Gasteiger partial charge in [-0.2, -0.15) is 0 Å². The zero-order valence-corrected chi connectivity index (χ0v) is 4.95. The number of ether oxygens (including phenoxy) is 1. The molecule has 0 aromatic heterocycles. The molecule has 1 heterocycles. The topological polar surface area (TPSA) is 12.5 Å². The Morgan fingerprint density at radius 2 is 2.43 bits per heavy atom. The van der Waals surface area contributed by atoms with Gasteiger partial charge in [-0.15, -0.1) is 11.6 Å². The van der Waals surface area contributed by atoms with Crippen molar-refractivity contribution < 1.29 is 4.74 Å². The van der Waals surface area contributed by atoms with Crippen LogP contribution >= 0.6 is 11.6 Å². The van der Waals surface area contributed by atoms with Crippen molar-refractivity contribution in [1.29, 1.82) is 0 Å². The molecule has 2 heteroatoms. The van der Waals surface area contributed by atoms with E-state index in [1.807, 2.05) is 0 Å². The van der Waals surface area contributed by atoms with E-state index in [4.69, 9.17) is 16.3 Å². The third-order valence-corrected chi connectivity index (χ3v) is 1.33. The van der Waals surface area contributed by atoms with Gasteiger partial charge < -0.3 is 4.74 Å². The standard InChI is InChI=1S/C5H9ClO/c6-3-1-2-5-4-7-5/h5H,1-4H2/t5-/m1/s1. The highest BCUT2D eigenvalue weighted by Gasteiger charge is 2.20. The van der Waals surface area contributed by atoms with Crippen LogP contribution in [0, 0.1) is 0 Å². The van der Waals surface area contributed by atoms with Crippen molar-refractivity contribution in [3.05, 3.63) is 0 Å². The highest BCUT2D eigenvalue weighted by atomic mass is 35.5. The molecule has 1 aliphatic heterocycles. The van der Waals surface area contributed by atoms with Gasteiger partial charge in [-0.05, 0) is 12.8 Å². The van der Waals surface area contributed by atoms with E-state index in [1.165, 1.54) is 0 Å². The Morgan fingerprint density at radius 3 is 2.86 bits per heavy atom. The Bertz CT molecular complexity index is 52.0. The minimum Gasteiger partial charge on any atom is -0.373 e. The molecule has 1 saturated heterocycles. The number of hydrogen-bond donors (Lipinski definition) is 0. The van der Waals surface area contributed by atoms with Crippen molar-refractivity contribution in [3.63, 3.8) is 0 Å². The Morgan fingerprint density at radius 1 is 1.71 bits per heavy atom. The third-order valence-electron chi connectivity index (χ3n) is 1.06. The molecule has 1 rings (SSSR count). The largest absolute Gasteiger partial charge is 0.373 e. The second-order valence-corrected chi connectivity index (χ2v) is 2.16. The molecular weight excluding hydrogens is 112 g/mol. The van der Waals surface area contributed by atoms with E-state index in [9.17, 15) is 0 Å². The fourth-order valence-corrected chi connectivity index (χ4v) is 0.694. The van der Waals surface area contributed by atoms with E-state index in [-0.39, 0.29) is 0 Å². The SMILES string of the molecule is ClCCC[C@@H]1CO1. The molecule has 0 aromatic rings. The van der Waals surface area contributed by atoms with Crippen molar-refractivity contribution in [1.82, 2.24) is 0 Å². The van der Waals surface area contributed by atoms with Gasteiger partial charge in [0.2, 0.25) is 0 Å². The number of hydrogen-bond acceptors (Lipinski definition) is 1. The van der Waals surface area contributed by atoms with Crippen LogP contribution < -0.4 is 0 Å². The molecule has 1 nitrogen and oxygen atoms in total. The summed E-state index contributed by atoms with van der Waals surface area (Å²) in [5, 5.41) is 0. The molecule has 7 heavy (non-hydrogen) atoms. The normalized spacial score (nSPS) is 27.9. The van der Waals surface area contributed by atoms with Gasteiger partial charge in [0.15, 0.2) is 0 Å². The van der Waals surface area contributed by atoms with Crippen LogP contribution in [0.4, 0.5) is 0 Å². The van der Waals surface area contributed by atoms with E-state index in [0.717, 1.165) is 25.3 Å². The van der Waals surface area contributed by atoms with Crippen LogP contribution in [0.15, 0.2) is 0 Å². The van der Waals surface area contributed by atoms with Gasteiger partial charge >= 0.3 is 0 Å². The van der Waals surface area contributed by atoms with E-state index in [0.29, 0.717) is 6.10 Å². The first-order valence-corrected chi connectivity index (χ1v) is 3.14. The van der Waals surface area contributed by atoms with Gasteiger partial charge in [0.1, 0.15) is 0 Å². The average Bonchev–Trinajstić information content (AvgIpc) is 2.42. The smallest absolute Gasteiger partial charge is 0.0810 e. The summed E-state index contributed by atoms with van der Waals surface area (Å²) in [7, 11) is 0. The predicted molar refractivity (Wildman–Crippen MR) is 29.7 cm³/mol. The molecule has 1 fully saturated rings. The van der Waals surface area contributed by atoms with Gasteiger partial charge in [-0.25, -0.2) is 0 Å². The fourth-order valence-electron chi connectivity index (χ4n) is 0.540. The third kappa shape index (κ3) is 2.15. The first-order chi connectivity index (χ1) is 3.43. The summed E-state index contributed by atoms with van der Waals surface area (Å²) >= 11 is 5.42. The molecule has 0 N–H and O–H groups in total. The van der Waals surface area contributed by atoms with Crippen molar-refractivity contribution in [2.75, 3.05) is 12.5 Å². The monoisotopic (exact) mass is 120 g/mol. The highest BCUT2D eigenvalue weighted by molar-refractivity contribution is 6.17. The van der Waals surface area contributed by atoms with Gasteiger partial charge in [-0.3, -0.25) is 0 Å². The second-order valence-electron chi connectivity index (χ2n) is 1.79. The van der Waals surface area contributed by atoms with Crippen LogP contribution in [0.25, 0.3) is 0 Å². The molecule has 0 unspecified atom stereocenters. The van der Waals surface area contributed by atoms with Gasteiger partial charge in [0, 0.05) is 5.88 Å². The molecule has 0 saturated carbocycles. The molecule has 1 aliphatic rings. The summed E-state index contributed by atoms with van der Waals surface area (Å²) in [6, 6.07) is 0. The van der Waals surface area contributed by atoms with E-state index < -0.39 is 0 Å². The predicted octanol–water partition coefficient (Wildman–Crippen LogP) is 1.40. The number of rotatable bonds is 3. The first kappa shape index (κ1) is 5.39. The van der Waals surface area contributed by atoms with Gasteiger partial charge in [0.25, 0.3) is 0 Å². The molecule has 0 bridgehead atoms. The van der Waals surface area contributed by atoms with Crippen LogP contribution in [0.5, 0.6) is 0 Å². The summed E-state index contributed by atoms with van der Waals surface area (Å²) in [5.74, 6) is 0.778. The minimum atomic E-state index is 0.568. The van der Waals surface area contributed by atoms with Gasteiger partial charge in [-0.1, -0.05) is 0 Å². The lowest BCUT2D eigenvalue weighted by atomic mass is 10.3. The zero-order valence-electron chi connectivity index (χ0n) is 4.19. The van der Waals surface area contributed by atoms with Crippen molar-refractivity contribution >= 4 is 11.6 Å². The Balaban J connectivity index is 1.80. The van der Waals surface area contributed by atoms with Gasteiger partial charge in [0.05, 0.1) is 12.7 Å². The summed E-state index contributed by atoms with van der Waals surface area (Å²) < 4.78 is 4.95. The Hall–Kier alpha value is 0.250. The van der Waals surface area contributed by atoms with Crippen molar-refractivity contribution in [2.45, 2.75) is 18.9 Å².